The molecule has 0 fully saturated rings. The number of benzene rings is 1. The predicted molar refractivity (Wildman–Crippen MR) is 97.1 cm³/mol. The van der Waals surface area contributed by atoms with Gasteiger partial charge in [0.2, 0.25) is 0 Å². The van der Waals surface area contributed by atoms with Crippen molar-refractivity contribution < 1.29 is 14.3 Å². The van der Waals surface area contributed by atoms with Crippen molar-refractivity contribution in [2.45, 2.75) is 20.8 Å². The smallest absolute Gasteiger partial charge is 0.338 e. The molecule has 0 saturated carbocycles. The van der Waals surface area contributed by atoms with Crippen LogP contribution in [0.5, 0.6) is 0 Å². The Morgan fingerprint density at radius 3 is 2.44 bits per heavy atom. The highest BCUT2D eigenvalue weighted by molar-refractivity contribution is 7.08. The molecule has 0 aliphatic carbocycles. The van der Waals surface area contributed by atoms with E-state index in [2.05, 4.69) is 33.7 Å². The van der Waals surface area contributed by atoms with E-state index in [9.17, 15) is 9.59 Å². The number of amides is 1. The highest BCUT2D eigenvalue weighted by Gasteiger charge is 2.14. The molecule has 1 N–H and O–H groups in total. The summed E-state index contributed by atoms with van der Waals surface area (Å²) in [5.74, 6) is -0.630. The second-order valence-corrected chi connectivity index (χ2v) is 6.14. The second-order valence-electron chi connectivity index (χ2n) is 5.38. The Balaban J connectivity index is 1.87. The standard InChI is InChI=1S/C17H22N4O3S/c1-4-21(5-2)10-11-24-17(23)13-6-8-14(9-7-13)18-16(22)15-12(3)19-20-25-15/h6-9H,4-5,10-11H2,1-3H3,(H,18,22). The third-order valence-electron chi connectivity index (χ3n) is 3.77. The first-order valence-corrected chi connectivity index (χ1v) is 8.92. The van der Waals surface area contributed by atoms with Gasteiger partial charge in [0.15, 0.2) is 0 Å². The molecule has 1 amide bonds. The Morgan fingerprint density at radius 1 is 1.20 bits per heavy atom. The summed E-state index contributed by atoms with van der Waals surface area (Å²) in [6.07, 6.45) is 0. The number of nitrogens with one attached hydrogen (secondary N) is 1. The van der Waals surface area contributed by atoms with E-state index in [1.54, 1.807) is 31.2 Å². The van der Waals surface area contributed by atoms with Crippen LogP contribution in [0.4, 0.5) is 5.69 Å². The molecule has 25 heavy (non-hydrogen) atoms. The quantitative estimate of drug-likeness (QED) is 0.727. The zero-order chi connectivity index (χ0) is 18.2. The van der Waals surface area contributed by atoms with Gasteiger partial charge in [0.05, 0.1) is 11.3 Å². The molecule has 0 radical (unpaired) electrons. The lowest BCUT2D eigenvalue weighted by molar-refractivity contribution is 0.0466. The number of aromatic nitrogens is 2. The largest absolute Gasteiger partial charge is 0.461 e. The van der Waals surface area contributed by atoms with Gasteiger partial charge in [0.25, 0.3) is 5.91 Å². The molecular formula is C17H22N4O3S. The summed E-state index contributed by atoms with van der Waals surface area (Å²) in [5, 5.41) is 6.57. The van der Waals surface area contributed by atoms with E-state index in [1.165, 1.54) is 0 Å². The number of esters is 1. The molecule has 0 saturated heterocycles. The third kappa shape index (κ3) is 5.33. The number of aryl methyl sites for hydroxylation is 1. The van der Waals surface area contributed by atoms with Crippen molar-refractivity contribution in [3.63, 3.8) is 0 Å². The maximum atomic E-state index is 12.1. The monoisotopic (exact) mass is 362 g/mol. The fourth-order valence-electron chi connectivity index (χ4n) is 2.21. The first-order valence-electron chi connectivity index (χ1n) is 8.15. The molecule has 0 bridgehead atoms. The van der Waals surface area contributed by atoms with Gasteiger partial charge in [-0.3, -0.25) is 4.79 Å². The van der Waals surface area contributed by atoms with Crippen LogP contribution < -0.4 is 5.32 Å². The van der Waals surface area contributed by atoms with Crippen LogP contribution in [0.25, 0.3) is 0 Å². The summed E-state index contributed by atoms with van der Waals surface area (Å²) in [4.78, 5) is 26.8. The Bertz CT molecular complexity index is 711. The van der Waals surface area contributed by atoms with Gasteiger partial charge in [0.1, 0.15) is 11.5 Å². The number of anilines is 1. The maximum absolute atomic E-state index is 12.1. The van der Waals surface area contributed by atoms with Crippen molar-refractivity contribution in [2.24, 2.45) is 0 Å². The molecule has 0 aliphatic heterocycles. The molecule has 0 spiro atoms. The summed E-state index contributed by atoms with van der Waals surface area (Å²) in [6, 6.07) is 6.60. The van der Waals surface area contributed by atoms with Crippen molar-refractivity contribution in [2.75, 3.05) is 31.6 Å². The van der Waals surface area contributed by atoms with Gasteiger partial charge in [-0.2, -0.15) is 0 Å². The lowest BCUT2D eigenvalue weighted by atomic mass is 10.2. The lowest BCUT2D eigenvalue weighted by Crippen LogP contribution is -2.27. The van der Waals surface area contributed by atoms with E-state index >= 15 is 0 Å². The van der Waals surface area contributed by atoms with Gasteiger partial charge in [-0.1, -0.05) is 18.3 Å². The highest BCUT2D eigenvalue weighted by atomic mass is 32.1. The first kappa shape index (κ1) is 19.0. The van der Waals surface area contributed by atoms with Crippen molar-refractivity contribution in [1.82, 2.24) is 14.5 Å². The average molecular weight is 362 g/mol. The number of hydrogen-bond acceptors (Lipinski definition) is 7. The molecule has 0 aliphatic rings. The summed E-state index contributed by atoms with van der Waals surface area (Å²) >= 11 is 1.05. The van der Waals surface area contributed by atoms with Gasteiger partial charge >= 0.3 is 5.97 Å². The Morgan fingerprint density at radius 2 is 1.88 bits per heavy atom. The summed E-state index contributed by atoms with van der Waals surface area (Å²) in [5.41, 5.74) is 1.64. The second kappa shape index (κ2) is 9.24. The van der Waals surface area contributed by atoms with Crippen LogP contribution >= 0.6 is 11.5 Å². The van der Waals surface area contributed by atoms with Crippen molar-refractivity contribution in [3.05, 3.63) is 40.4 Å². The number of carbonyl (C=O) groups is 2. The van der Waals surface area contributed by atoms with Crippen LogP contribution in [0.3, 0.4) is 0 Å². The van der Waals surface area contributed by atoms with Gasteiger partial charge in [-0.05, 0) is 55.8 Å². The van der Waals surface area contributed by atoms with E-state index in [1.807, 2.05) is 0 Å². The van der Waals surface area contributed by atoms with Crippen LogP contribution in [0.15, 0.2) is 24.3 Å². The molecule has 8 heteroatoms. The Kier molecular flexibility index (Phi) is 7.03. The van der Waals surface area contributed by atoms with Gasteiger partial charge < -0.3 is 15.0 Å². The molecule has 134 valence electrons. The van der Waals surface area contributed by atoms with Crippen molar-refractivity contribution >= 4 is 29.1 Å². The SMILES string of the molecule is CCN(CC)CCOC(=O)c1ccc(NC(=O)c2snnc2C)cc1. The third-order valence-corrected chi connectivity index (χ3v) is 4.60. The average Bonchev–Trinajstić information content (AvgIpc) is 3.05. The van der Waals surface area contributed by atoms with Gasteiger partial charge in [0, 0.05) is 12.2 Å². The number of ether oxygens (including phenoxy) is 1. The molecule has 1 heterocycles. The molecule has 0 unspecified atom stereocenters. The van der Waals surface area contributed by atoms with Crippen LogP contribution in [0.1, 0.15) is 39.6 Å². The normalized spacial score (nSPS) is 10.7. The minimum atomic E-state index is -0.368. The summed E-state index contributed by atoms with van der Waals surface area (Å²) in [7, 11) is 0. The number of rotatable bonds is 8. The van der Waals surface area contributed by atoms with E-state index < -0.39 is 0 Å². The maximum Gasteiger partial charge on any atom is 0.338 e. The zero-order valence-electron chi connectivity index (χ0n) is 14.6. The molecule has 0 atom stereocenters. The first-order chi connectivity index (χ1) is 12.0. The minimum absolute atomic E-state index is 0.262. The fourth-order valence-corrected chi connectivity index (χ4v) is 2.76. The van der Waals surface area contributed by atoms with Crippen molar-refractivity contribution in [3.8, 4) is 0 Å². The minimum Gasteiger partial charge on any atom is -0.461 e. The van der Waals surface area contributed by atoms with Crippen LogP contribution in [-0.2, 0) is 4.74 Å². The fraction of sp³-hybridized carbons (Fsp3) is 0.412. The summed E-state index contributed by atoms with van der Waals surface area (Å²) in [6.45, 7) is 8.81. The zero-order valence-corrected chi connectivity index (χ0v) is 15.4. The molecule has 2 aromatic rings. The molecular weight excluding hydrogens is 340 g/mol. The molecule has 2 rings (SSSR count). The van der Waals surface area contributed by atoms with E-state index in [-0.39, 0.29) is 11.9 Å². The Labute approximate surface area is 151 Å². The Hall–Kier alpha value is -2.32. The number of likely N-dealkylation sites (N-methyl/N-ethyl adjacent to an activating group) is 1. The topological polar surface area (TPSA) is 84.4 Å². The van der Waals surface area contributed by atoms with Crippen LogP contribution in [0, 0.1) is 6.92 Å². The van der Waals surface area contributed by atoms with E-state index in [0.717, 1.165) is 31.2 Å². The molecule has 1 aromatic carbocycles. The van der Waals surface area contributed by atoms with Crippen molar-refractivity contribution in [1.29, 1.82) is 0 Å². The predicted octanol–water partition coefficient (Wildman–Crippen LogP) is 2.60. The number of hydrogen-bond donors (Lipinski definition) is 1. The van der Waals surface area contributed by atoms with Gasteiger partial charge in [-0.15, -0.1) is 5.10 Å². The lowest BCUT2D eigenvalue weighted by Gasteiger charge is -2.17. The molecule has 1 aromatic heterocycles. The number of carbonyl (C=O) groups excluding carboxylic acids is 2. The molecule has 7 nitrogen and oxygen atoms in total. The summed E-state index contributed by atoms with van der Waals surface area (Å²) < 4.78 is 9.02. The van der Waals surface area contributed by atoms with E-state index in [0.29, 0.717) is 28.4 Å². The van der Waals surface area contributed by atoms with Crippen LogP contribution in [0.2, 0.25) is 0 Å². The van der Waals surface area contributed by atoms with Gasteiger partial charge in [-0.25, -0.2) is 4.79 Å². The number of nitrogens with zero attached hydrogens (tertiary/aromatic N) is 3. The highest BCUT2D eigenvalue weighted by Crippen LogP contribution is 2.15. The van der Waals surface area contributed by atoms with Crippen LogP contribution in [-0.4, -0.2) is 52.6 Å². The van der Waals surface area contributed by atoms with E-state index in [4.69, 9.17) is 4.74 Å².